The van der Waals surface area contributed by atoms with Crippen LogP contribution in [0.25, 0.3) is 0 Å². The van der Waals surface area contributed by atoms with E-state index in [4.69, 9.17) is 5.73 Å². The van der Waals surface area contributed by atoms with E-state index in [2.05, 4.69) is 5.10 Å². The molecule has 1 saturated carbocycles. The highest BCUT2D eigenvalue weighted by atomic mass is 32.2. The lowest BCUT2D eigenvalue weighted by Gasteiger charge is -2.20. The Kier molecular flexibility index (Phi) is 4.51. The van der Waals surface area contributed by atoms with Gasteiger partial charge in [0.1, 0.15) is 4.90 Å². The summed E-state index contributed by atoms with van der Waals surface area (Å²) in [7, 11) is -3.46. The molecule has 1 fully saturated rings. The van der Waals surface area contributed by atoms with Crippen LogP contribution < -0.4 is 5.73 Å². The second kappa shape index (κ2) is 5.83. The van der Waals surface area contributed by atoms with E-state index in [9.17, 15) is 8.42 Å². The lowest BCUT2D eigenvalue weighted by atomic mass is 10.4. The molecule has 0 atom stereocenters. The molecule has 1 aliphatic carbocycles. The van der Waals surface area contributed by atoms with Crippen molar-refractivity contribution in [1.29, 1.82) is 0 Å². The minimum absolute atomic E-state index is 0.355. The summed E-state index contributed by atoms with van der Waals surface area (Å²) in [5.41, 5.74) is 6.78. The number of hydrogen-bond acceptors (Lipinski definition) is 4. The molecule has 0 unspecified atom stereocenters. The summed E-state index contributed by atoms with van der Waals surface area (Å²) >= 11 is 0. The Morgan fingerprint density at radius 2 is 2.05 bits per heavy atom. The van der Waals surface area contributed by atoms with Crippen LogP contribution in [-0.4, -0.2) is 42.1 Å². The Morgan fingerprint density at radius 3 is 2.55 bits per heavy atom. The van der Waals surface area contributed by atoms with Crippen molar-refractivity contribution in [2.75, 3.05) is 19.6 Å². The van der Waals surface area contributed by atoms with Crippen LogP contribution in [-0.2, 0) is 16.6 Å². The van der Waals surface area contributed by atoms with Gasteiger partial charge in [0.25, 0.3) is 0 Å². The molecule has 1 aromatic rings. The van der Waals surface area contributed by atoms with Gasteiger partial charge in [-0.15, -0.1) is 0 Å². The van der Waals surface area contributed by atoms with Gasteiger partial charge in [-0.3, -0.25) is 4.68 Å². The molecule has 0 saturated heterocycles. The summed E-state index contributed by atoms with van der Waals surface area (Å²) in [6, 6.07) is 0. The first-order valence-corrected chi connectivity index (χ1v) is 8.60. The van der Waals surface area contributed by atoms with Gasteiger partial charge < -0.3 is 5.73 Å². The summed E-state index contributed by atoms with van der Waals surface area (Å²) in [5, 5.41) is 4.31. The van der Waals surface area contributed by atoms with Crippen molar-refractivity contribution in [2.24, 2.45) is 11.7 Å². The molecule has 0 aromatic carbocycles. The van der Waals surface area contributed by atoms with Crippen molar-refractivity contribution < 1.29 is 8.42 Å². The summed E-state index contributed by atoms with van der Waals surface area (Å²) in [6.07, 6.45) is 2.27. The van der Waals surface area contributed by atoms with E-state index in [0.717, 1.165) is 12.8 Å². The van der Waals surface area contributed by atoms with Crippen LogP contribution in [0.1, 0.15) is 31.2 Å². The molecule has 20 heavy (non-hydrogen) atoms. The molecular weight excluding hydrogens is 276 g/mol. The fraction of sp³-hybridized carbons (Fsp3) is 0.769. The standard InChI is InChI=1S/C13H24N4O2S/c1-4-16(9-12-5-6-12)20(18,19)13-10(2)15-17(8-7-14)11(13)3/h12H,4-9,14H2,1-3H3. The molecule has 7 heteroatoms. The second-order valence-corrected chi connectivity index (χ2v) is 7.29. The number of rotatable bonds is 7. The average molecular weight is 300 g/mol. The normalized spacial score (nSPS) is 16.1. The van der Waals surface area contributed by atoms with Gasteiger partial charge in [-0.1, -0.05) is 6.92 Å². The fourth-order valence-corrected chi connectivity index (χ4v) is 4.41. The number of nitrogens with zero attached hydrogens (tertiary/aromatic N) is 3. The SMILES string of the molecule is CCN(CC1CC1)S(=O)(=O)c1c(C)nn(CCN)c1C. The number of nitrogens with two attached hydrogens (primary N) is 1. The summed E-state index contributed by atoms with van der Waals surface area (Å²) in [4.78, 5) is 0.355. The molecule has 0 radical (unpaired) electrons. The molecule has 0 bridgehead atoms. The van der Waals surface area contributed by atoms with E-state index < -0.39 is 10.0 Å². The number of sulfonamides is 1. The molecule has 0 spiro atoms. The maximum absolute atomic E-state index is 12.8. The molecule has 1 aliphatic rings. The number of aromatic nitrogens is 2. The predicted molar refractivity (Wildman–Crippen MR) is 77.9 cm³/mol. The van der Waals surface area contributed by atoms with Crippen molar-refractivity contribution in [3.63, 3.8) is 0 Å². The second-order valence-electron chi connectivity index (χ2n) is 5.41. The van der Waals surface area contributed by atoms with Crippen LogP contribution in [0.4, 0.5) is 0 Å². The molecule has 2 N–H and O–H groups in total. The number of hydrogen-bond donors (Lipinski definition) is 1. The Labute approximate surface area is 121 Å². The van der Waals surface area contributed by atoms with Gasteiger partial charge in [-0.25, -0.2) is 8.42 Å². The zero-order valence-corrected chi connectivity index (χ0v) is 13.3. The van der Waals surface area contributed by atoms with Crippen molar-refractivity contribution in [2.45, 2.75) is 45.1 Å². The fourth-order valence-electron chi connectivity index (χ4n) is 2.51. The Hall–Kier alpha value is -0.920. The highest BCUT2D eigenvalue weighted by molar-refractivity contribution is 7.89. The molecule has 1 heterocycles. The first kappa shape index (κ1) is 15.5. The van der Waals surface area contributed by atoms with Crippen LogP contribution in [0.5, 0.6) is 0 Å². The largest absolute Gasteiger partial charge is 0.329 e. The third kappa shape index (κ3) is 2.89. The van der Waals surface area contributed by atoms with Crippen molar-refractivity contribution in [3.8, 4) is 0 Å². The summed E-state index contributed by atoms with van der Waals surface area (Å²) in [5.74, 6) is 0.532. The Morgan fingerprint density at radius 1 is 1.40 bits per heavy atom. The minimum Gasteiger partial charge on any atom is -0.329 e. The molecule has 6 nitrogen and oxygen atoms in total. The maximum atomic E-state index is 12.8. The third-order valence-electron chi connectivity index (χ3n) is 3.77. The van der Waals surface area contributed by atoms with Crippen LogP contribution >= 0.6 is 0 Å². The van der Waals surface area contributed by atoms with Crippen molar-refractivity contribution >= 4 is 10.0 Å². The van der Waals surface area contributed by atoms with Crippen molar-refractivity contribution in [1.82, 2.24) is 14.1 Å². The molecule has 114 valence electrons. The smallest absolute Gasteiger partial charge is 0.246 e. The maximum Gasteiger partial charge on any atom is 0.246 e. The molecule has 0 aliphatic heterocycles. The number of aryl methyl sites for hydroxylation is 1. The van der Waals surface area contributed by atoms with E-state index >= 15 is 0 Å². The first-order chi connectivity index (χ1) is 9.41. The summed E-state index contributed by atoms with van der Waals surface area (Å²) < 4.78 is 28.9. The Balaban J connectivity index is 2.36. The Bertz CT molecular complexity index is 575. The van der Waals surface area contributed by atoms with Gasteiger partial charge in [-0.2, -0.15) is 9.40 Å². The van der Waals surface area contributed by atoms with Gasteiger partial charge in [0.05, 0.1) is 17.9 Å². The van der Waals surface area contributed by atoms with Gasteiger partial charge in [0.2, 0.25) is 10.0 Å². The monoisotopic (exact) mass is 300 g/mol. The van der Waals surface area contributed by atoms with Crippen LogP contribution in [0.2, 0.25) is 0 Å². The lowest BCUT2D eigenvalue weighted by molar-refractivity contribution is 0.411. The van der Waals surface area contributed by atoms with E-state index in [1.807, 2.05) is 6.92 Å². The molecule has 0 amide bonds. The van der Waals surface area contributed by atoms with Gasteiger partial charge in [0, 0.05) is 19.6 Å². The van der Waals surface area contributed by atoms with Gasteiger partial charge >= 0.3 is 0 Å². The summed E-state index contributed by atoms with van der Waals surface area (Å²) in [6.45, 7) is 7.54. The highest BCUT2D eigenvalue weighted by Gasteiger charge is 2.34. The van der Waals surface area contributed by atoms with Gasteiger partial charge in [0.15, 0.2) is 0 Å². The van der Waals surface area contributed by atoms with E-state index in [1.165, 1.54) is 0 Å². The zero-order chi connectivity index (χ0) is 14.9. The lowest BCUT2D eigenvalue weighted by Crippen LogP contribution is -2.33. The first-order valence-electron chi connectivity index (χ1n) is 7.16. The third-order valence-corrected chi connectivity index (χ3v) is 5.96. The molecular formula is C13H24N4O2S. The average Bonchev–Trinajstić information content (AvgIpc) is 3.14. The zero-order valence-electron chi connectivity index (χ0n) is 12.5. The topological polar surface area (TPSA) is 81.2 Å². The van der Waals surface area contributed by atoms with E-state index in [-0.39, 0.29) is 0 Å². The highest BCUT2D eigenvalue weighted by Crippen LogP contribution is 2.32. The molecule has 2 rings (SSSR count). The predicted octanol–water partition coefficient (Wildman–Crippen LogP) is 0.879. The minimum atomic E-state index is -3.46. The van der Waals surface area contributed by atoms with Crippen LogP contribution in [0.3, 0.4) is 0 Å². The van der Waals surface area contributed by atoms with E-state index in [0.29, 0.717) is 48.4 Å². The quantitative estimate of drug-likeness (QED) is 0.810. The van der Waals surface area contributed by atoms with Gasteiger partial charge in [-0.05, 0) is 32.6 Å². The van der Waals surface area contributed by atoms with Crippen LogP contribution in [0, 0.1) is 19.8 Å². The van der Waals surface area contributed by atoms with E-state index in [1.54, 1.807) is 22.8 Å². The van der Waals surface area contributed by atoms with Crippen LogP contribution in [0.15, 0.2) is 4.90 Å². The molecule has 1 aromatic heterocycles. The van der Waals surface area contributed by atoms with Crippen molar-refractivity contribution in [3.05, 3.63) is 11.4 Å².